The van der Waals surface area contributed by atoms with E-state index >= 15 is 0 Å². The molecule has 5 rings (SSSR count). The van der Waals surface area contributed by atoms with E-state index in [0.717, 1.165) is 53.9 Å². The van der Waals surface area contributed by atoms with Gasteiger partial charge in [-0.05, 0) is 49.1 Å². The van der Waals surface area contributed by atoms with Gasteiger partial charge in [0, 0.05) is 25.7 Å². The second kappa shape index (κ2) is 8.34. The second-order valence-corrected chi connectivity index (χ2v) is 8.68. The van der Waals surface area contributed by atoms with Gasteiger partial charge in [-0.2, -0.15) is 10.4 Å². The minimum atomic E-state index is -0.161. The molecular weight excluding hydrogens is 414 g/mol. The van der Waals surface area contributed by atoms with E-state index < -0.39 is 0 Å². The van der Waals surface area contributed by atoms with Crippen LogP contribution in [-0.4, -0.2) is 38.5 Å². The van der Waals surface area contributed by atoms with E-state index in [4.69, 9.17) is 10.7 Å². The highest BCUT2D eigenvalue weighted by molar-refractivity contribution is 5.90. The van der Waals surface area contributed by atoms with E-state index in [-0.39, 0.29) is 11.6 Å². The van der Waals surface area contributed by atoms with Crippen LogP contribution in [0.15, 0.2) is 41.2 Å². The lowest BCUT2D eigenvalue weighted by molar-refractivity contribution is 0.494. The molecule has 1 atom stereocenters. The van der Waals surface area contributed by atoms with E-state index in [2.05, 4.69) is 16.1 Å². The van der Waals surface area contributed by atoms with E-state index in [1.807, 2.05) is 54.8 Å². The van der Waals surface area contributed by atoms with Gasteiger partial charge in [-0.25, -0.2) is 9.67 Å². The monoisotopic (exact) mass is 441 g/mol. The first-order chi connectivity index (χ1) is 16.0. The lowest BCUT2D eigenvalue weighted by Gasteiger charge is -2.31. The highest BCUT2D eigenvalue weighted by Crippen LogP contribution is 2.26. The number of nitriles is 1. The predicted octanol–water partition coefficient (Wildman–Crippen LogP) is 2.92. The molecule has 168 valence electrons. The number of nitrogens with zero attached hydrogens (tertiary/aromatic N) is 6. The maximum Gasteiger partial charge on any atom is 0.293 e. The van der Waals surface area contributed by atoms with Crippen molar-refractivity contribution >= 4 is 27.8 Å². The molecule has 0 aliphatic carbocycles. The Balaban J connectivity index is 1.64. The van der Waals surface area contributed by atoms with Crippen LogP contribution in [-0.2, 0) is 13.1 Å². The smallest absolute Gasteiger partial charge is 0.293 e. The summed E-state index contributed by atoms with van der Waals surface area (Å²) in [4.78, 5) is 20.7. The third kappa shape index (κ3) is 3.55. The molecule has 2 aromatic carbocycles. The summed E-state index contributed by atoms with van der Waals surface area (Å²) in [5.74, 6) is 0.797. The Hall–Kier alpha value is -3.70. The van der Waals surface area contributed by atoms with Crippen molar-refractivity contribution in [1.82, 2.24) is 19.3 Å². The molecule has 0 bridgehead atoms. The van der Waals surface area contributed by atoms with Crippen molar-refractivity contribution in [1.29, 1.82) is 5.26 Å². The Morgan fingerprint density at radius 2 is 2.00 bits per heavy atom. The molecule has 2 aromatic heterocycles. The van der Waals surface area contributed by atoms with Gasteiger partial charge in [0.15, 0.2) is 0 Å². The Kier molecular flexibility index (Phi) is 5.35. The number of imidazole rings is 1. The van der Waals surface area contributed by atoms with E-state index in [1.165, 1.54) is 4.68 Å². The van der Waals surface area contributed by atoms with Crippen molar-refractivity contribution in [2.75, 3.05) is 18.0 Å². The molecule has 0 radical (unpaired) electrons. The van der Waals surface area contributed by atoms with Gasteiger partial charge >= 0.3 is 0 Å². The summed E-state index contributed by atoms with van der Waals surface area (Å²) in [6.45, 7) is 6.50. The Bertz CT molecular complexity index is 1460. The molecule has 1 fully saturated rings. The maximum absolute atomic E-state index is 13.6. The normalized spacial score (nSPS) is 16.4. The Labute approximate surface area is 191 Å². The van der Waals surface area contributed by atoms with Crippen molar-refractivity contribution in [3.63, 3.8) is 0 Å². The molecule has 4 aromatic rings. The van der Waals surface area contributed by atoms with Gasteiger partial charge in [0.1, 0.15) is 11.0 Å². The third-order valence-electron chi connectivity index (χ3n) is 6.51. The van der Waals surface area contributed by atoms with Crippen LogP contribution in [0, 0.1) is 18.3 Å². The lowest BCUT2D eigenvalue weighted by Crippen LogP contribution is -2.44. The number of aromatic nitrogens is 4. The van der Waals surface area contributed by atoms with Crippen molar-refractivity contribution in [2.45, 2.75) is 45.8 Å². The molecule has 0 saturated carbocycles. The van der Waals surface area contributed by atoms with Crippen LogP contribution < -0.4 is 16.2 Å². The number of fused-ring (bicyclic) bond motifs is 2. The number of aryl methyl sites for hydroxylation is 2. The van der Waals surface area contributed by atoms with Gasteiger partial charge in [0.25, 0.3) is 5.56 Å². The van der Waals surface area contributed by atoms with Crippen LogP contribution in [0.2, 0.25) is 0 Å². The maximum atomic E-state index is 13.6. The fourth-order valence-corrected chi connectivity index (χ4v) is 4.90. The second-order valence-electron chi connectivity index (χ2n) is 8.68. The van der Waals surface area contributed by atoms with Crippen molar-refractivity contribution in [2.24, 2.45) is 5.73 Å². The summed E-state index contributed by atoms with van der Waals surface area (Å²) in [6, 6.07) is 13.9. The van der Waals surface area contributed by atoms with Gasteiger partial charge < -0.3 is 15.2 Å². The van der Waals surface area contributed by atoms with Crippen molar-refractivity contribution in [3.05, 3.63) is 63.6 Å². The molecule has 1 aliphatic heterocycles. The van der Waals surface area contributed by atoms with Gasteiger partial charge in [-0.1, -0.05) is 30.3 Å². The first-order valence-corrected chi connectivity index (χ1v) is 11.4. The number of anilines is 1. The number of piperidine rings is 1. The van der Waals surface area contributed by atoms with Crippen LogP contribution in [0.3, 0.4) is 0 Å². The fraction of sp³-hybridized carbons (Fsp3) is 0.360. The van der Waals surface area contributed by atoms with Crippen molar-refractivity contribution < 1.29 is 0 Å². The Morgan fingerprint density at radius 1 is 1.21 bits per heavy atom. The summed E-state index contributed by atoms with van der Waals surface area (Å²) in [7, 11) is 0. The zero-order valence-electron chi connectivity index (χ0n) is 19.0. The summed E-state index contributed by atoms with van der Waals surface area (Å²) in [5, 5.41) is 15.9. The van der Waals surface area contributed by atoms with E-state index in [0.29, 0.717) is 29.7 Å². The molecule has 8 nitrogen and oxygen atoms in total. The molecular formula is C25H27N7O. The van der Waals surface area contributed by atoms with Crippen LogP contribution in [0.1, 0.15) is 36.6 Å². The highest BCUT2D eigenvalue weighted by Gasteiger charge is 2.25. The summed E-state index contributed by atoms with van der Waals surface area (Å²) in [6.07, 6.45) is 2.02. The number of nitrogens with two attached hydrogens (primary N) is 1. The lowest BCUT2D eigenvalue weighted by atomic mass is 10.00. The van der Waals surface area contributed by atoms with Gasteiger partial charge in [0.05, 0.1) is 23.9 Å². The van der Waals surface area contributed by atoms with Crippen LogP contribution in [0.5, 0.6) is 0 Å². The Morgan fingerprint density at radius 3 is 2.73 bits per heavy atom. The SMILES string of the molecule is CCn1c(N2CCC[C@@H](N)C2)nc2c(C)nn(Cc3ccc(C#N)c4ccccc34)c(=O)c21. The van der Waals surface area contributed by atoms with Crippen LogP contribution in [0.25, 0.3) is 21.8 Å². The first-order valence-electron chi connectivity index (χ1n) is 11.4. The summed E-state index contributed by atoms with van der Waals surface area (Å²) < 4.78 is 3.52. The molecule has 2 N–H and O–H groups in total. The molecule has 1 aliphatic rings. The molecule has 8 heteroatoms. The van der Waals surface area contributed by atoms with Gasteiger partial charge in [0.2, 0.25) is 5.95 Å². The average molecular weight is 442 g/mol. The first kappa shape index (κ1) is 21.2. The molecule has 0 unspecified atom stereocenters. The fourth-order valence-electron chi connectivity index (χ4n) is 4.90. The molecule has 3 heterocycles. The molecule has 0 amide bonds. The molecule has 33 heavy (non-hydrogen) atoms. The predicted molar refractivity (Wildman–Crippen MR) is 129 cm³/mol. The highest BCUT2D eigenvalue weighted by atomic mass is 16.1. The van der Waals surface area contributed by atoms with Crippen molar-refractivity contribution in [3.8, 4) is 6.07 Å². The number of rotatable bonds is 4. The third-order valence-corrected chi connectivity index (χ3v) is 6.51. The minimum absolute atomic E-state index is 0.115. The van der Waals surface area contributed by atoms with Gasteiger partial charge in [-0.3, -0.25) is 4.79 Å². The average Bonchev–Trinajstić information content (AvgIpc) is 3.23. The van der Waals surface area contributed by atoms with Gasteiger partial charge in [-0.15, -0.1) is 0 Å². The topological polar surface area (TPSA) is 106 Å². The standard InChI is InChI=1S/C25H27N7O/c1-3-31-23-22(28-25(31)30-12-6-7-19(27)15-30)16(2)29-32(24(23)33)14-18-11-10-17(13-26)20-8-4-5-9-21(18)20/h4-5,8-11,19H,3,6-7,12,14-15,27H2,1-2H3/t19-/m1/s1. The summed E-state index contributed by atoms with van der Waals surface area (Å²) >= 11 is 0. The summed E-state index contributed by atoms with van der Waals surface area (Å²) in [5.41, 5.74) is 9.56. The molecule has 0 spiro atoms. The largest absolute Gasteiger partial charge is 0.341 e. The zero-order valence-corrected chi connectivity index (χ0v) is 19.0. The van der Waals surface area contributed by atoms with E-state index in [1.54, 1.807) is 0 Å². The minimum Gasteiger partial charge on any atom is -0.341 e. The van der Waals surface area contributed by atoms with Crippen LogP contribution >= 0.6 is 0 Å². The molecule has 1 saturated heterocycles. The number of benzene rings is 2. The van der Waals surface area contributed by atoms with Crippen LogP contribution in [0.4, 0.5) is 5.95 Å². The zero-order chi connectivity index (χ0) is 23.1. The number of hydrogen-bond donors (Lipinski definition) is 1. The number of hydrogen-bond acceptors (Lipinski definition) is 6. The van der Waals surface area contributed by atoms with E-state index in [9.17, 15) is 10.1 Å². The quantitative estimate of drug-likeness (QED) is 0.522.